The van der Waals surface area contributed by atoms with Gasteiger partial charge in [-0.05, 0) is 6.42 Å². The molecule has 1 heterocycles. The fraction of sp³-hybridized carbons (Fsp3) is 0.556. The fourth-order valence-corrected chi connectivity index (χ4v) is 1.35. The summed E-state index contributed by atoms with van der Waals surface area (Å²) in [5, 5.41) is 10.4. The van der Waals surface area contributed by atoms with Gasteiger partial charge in [0.25, 0.3) is 0 Å². The molecular weight excluding hydrogens is 216 g/mol. The lowest BCUT2D eigenvalue weighted by atomic mass is 10.1. The molecule has 0 unspecified atom stereocenters. The molecule has 3 amide bonds. The average Bonchev–Trinajstić information content (AvgIpc) is 2.21. The lowest BCUT2D eigenvalue weighted by Gasteiger charge is -2.23. The summed E-state index contributed by atoms with van der Waals surface area (Å²) < 4.78 is 0. The number of imide groups is 1. The van der Waals surface area contributed by atoms with Crippen LogP contribution in [0.4, 0.5) is 0 Å². The van der Waals surface area contributed by atoms with Crippen molar-refractivity contribution in [1.29, 1.82) is 0 Å². The number of nitrogens with zero attached hydrogens (tertiary/aromatic N) is 1. The van der Waals surface area contributed by atoms with E-state index in [1.807, 2.05) is 0 Å². The van der Waals surface area contributed by atoms with Crippen molar-refractivity contribution in [3.63, 3.8) is 0 Å². The van der Waals surface area contributed by atoms with Crippen molar-refractivity contribution >= 4 is 23.7 Å². The number of rotatable bonds is 4. The van der Waals surface area contributed by atoms with Gasteiger partial charge < -0.3 is 10.4 Å². The zero-order valence-electron chi connectivity index (χ0n) is 8.56. The number of hydrogen-bond acceptors (Lipinski definition) is 4. The number of carboxylic acid groups (broad SMARTS) is 1. The zero-order valence-corrected chi connectivity index (χ0v) is 8.56. The Hall–Kier alpha value is -1.92. The van der Waals surface area contributed by atoms with Crippen molar-refractivity contribution in [2.24, 2.45) is 0 Å². The Morgan fingerprint density at radius 3 is 2.31 bits per heavy atom. The molecule has 0 atom stereocenters. The maximum atomic E-state index is 11.3. The van der Waals surface area contributed by atoms with Crippen LogP contribution in [0, 0.1) is 0 Å². The van der Waals surface area contributed by atoms with Crippen LogP contribution in [0.3, 0.4) is 0 Å². The molecule has 7 heteroatoms. The van der Waals surface area contributed by atoms with E-state index in [4.69, 9.17) is 5.11 Å². The smallest absolute Gasteiger partial charge is 0.322 e. The molecule has 0 spiro atoms. The van der Waals surface area contributed by atoms with Crippen LogP contribution in [-0.4, -0.2) is 46.8 Å². The largest absolute Gasteiger partial charge is 0.480 e. The molecule has 0 bridgehead atoms. The second kappa shape index (κ2) is 5.24. The Morgan fingerprint density at radius 2 is 1.81 bits per heavy atom. The summed E-state index contributed by atoms with van der Waals surface area (Å²) in [5.74, 6) is -2.60. The van der Waals surface area contributed by atoms with E-state index >= 15 is 0 Å². The van der Waals surface area contributed by atoms with Gasteiger partial charge in [-0.3, -0.25) is 24.1 Å². The molecule has 0 aromatic carbocycles. The molecule has 7 nitrogen and oxygen atoms in total. The first-order valence-corrected chi connectivity index (χ1v) is 4.82. The Balaban J connectivity index is 2.45. The van der Waals surface area contributed by atoms with E-state index in [1.165, 1.54) is 0 Å². The van der Waals surface area contributed by atoms with E-state index in [9.17, 15) is 19.2 Å². The normalized spacial score (nSPS) is 16.1. The fourth-order valence-electron chi connectivity index (χ4n) is 1.35. The number of carboxylic acids is 1. The third-order valence-corrected chi connectivity index (χ3v) is 2.12. The first-order valence-electron chi connectivity index (χ1n) is 4.82. The van der Waals surface area contributed by atoms with E-state index in [2.05, 4.69) is 5.32 Å². The molecule has 0 aromatic rings. The van der Waals surface area contributed by atoms with Crippen LogP contribution >= 0.6 is 0 Å². The number of carbonyl (C=O) groups excluding carboxylic acids is 3. The summed E-state index contributed by atoms with van der Waals surface area (Å²) in [6.07, 6.45) is 1.00. The Kier molecular flexibility index (Phi) is 3.98. The lowest BCUT2D eigenvalue weighted by molar-refractivity contribution is -0.150. The van der Waals surface area contributed by atoms with E-state index in [0.29, 0.717) is 6.42 Å². The van der Waals surface area contributed by atoms with Gasteiger partial charge in [-0.25, -0.2) is 0 Å². The Bertz CT molecular complexity index is 323. The highest BCUT2D eigenvalue weighted by atomic mass is 16.4. The van der Waals surface area contributed by atoms with Crippen LogP contribution in [0.1, 0.15) is 19.3 Å². The average molecular weight is 228 g/mol. The van der Waals surface area contributed by atoms with Gasteiger partial charge in [0.2, 0.25) is 17.7 Å². The summed E-state index contributed by atoms with van der Waals surface area (Å²) in [6.45, 7) is -0.917. The van der Waals surface area contributed by atoms with Crippen LogP contribution in [0.2, 0.25) is 0 Å². The second-order valence-corrected chi connectivity index (χ2v) is 3.40. The zero-order chi connectivity index (χ0) is 12.1. The highest BCUT2D eigenvalue weighted by Gasteiger charge is 2.27. The van der Waals surface area contributed by atoms with Crippen LogP contribution in [0.25, 0.3) is 0 Å². The Labute approximate surface area is 91.4 Å². The van der Waals surface area contributed by atoms with Crippen LogP contribution in [0.5, 0.6) is 0 Å². The number of piperidine rings is 1. The third-order valence-electron chi connectivity index (χ3n) is 2.12. The van der Waals surface area contributed by atoms with Gasteiger partial charge in [-0.1, -0.05) is 0 Å². The van der Waals surface area contributed by atoms with Crippen LogP contribution in [0.15, 0.2) is 0 Å². The maximum absolute atomic E-state index is 11.3. The quantitative estimate of drug-likeness (QED) is 0.583. The summed E-state index contributed by atoms with van der Waals surface area (Å²) in [7, 11) is 0. The van der Waals surface area contributed by atoms with Gasteiger partial charge in [0.15, 0.2) is 0 Å². The van der Waals surface area contributed by atoms with Gasteiger partial charge in [0, 0.05) is 12.8 Å². The van der Waals surface area contributed by atoms with Gasteiger partial charge in [-0.2, -0.15) is 0 Å². The number of carbonyl (C=O) groups is 4. The second-order valence-electron chi connectivity index (χ2n) is 3.40. The van der Waals surface area contributed by atoms with Crippen molar-refractivity contribution in [1.82, 2.24) is 10.2 Å². The van der Waals surface area contributed by atoms with Crippen LogP contribution < -0.4 is 5.32 Å². The van der Waals surface area contributed by atoms with E-state index in [0.717, 1.165) is 4.90 Å². The number of aliphatic carboxylic acids is 1. The topological polar surface area (TPSA) is 104 Å². The first-order chi connectivity index (χ1) is 7.50. The number of likely N-dealkylation sites (tertiary alicyclic amines) is 1. The summed E-state index contributed by atoms with van der Waals surface area (Å²) >= 11 is 0. The predicted molar refractivity (Wildman–Crippen MR) is 51.2 cm³/mol. The molecule has 2 N–H and O–H groups in total. The summed E-state index contributed by atoms with van der Waals surface area (Å²) in [5.41, 5.74) is 0. The molecule has 88 valence electrons. The van der Waals surface area contributed by atoms with Gasteiger partial charge in [-0.15, -0.1) is 0 Å². The standard InChI is InChI=1S/C9H12N2O5/c12-6(10-4-9(15)16)5-11-7(13)2-1-3-8(11)14/h1-5H2,(H,10,12)(H,15,16). The molecule has 1 aliphatic heterocycles. The Morgan fingerprint density at radius 1 is 1.25 bits per heavy atom. The minimum atomic E-state index is -1.18. The highest BCUT2D eigenvalue weighted by Crippen LogP contribution is 2.11. The van der Waals surface area contributed by atoms with Crippen molar-refractivity contribution in [2.75, 3.05) is 13.1 Å². The molecule has 1 fully saturated rings. The highest BCUT2D eigenvalue weighted by molar-refractivity contribution is 6.00. The number of nitrogens with one attached hydrogen (secondary N) is 1. The van der Waals surface area contributed by atoms with Crippen LogP contribution in [-0.2, 0) is 19.2 Å². The van der Waals surface area contributed by atoms with Crippen molar-refractivity contribution in [3.05, 3.63) is 0 Å². The summed E-state index contributed by atoms with van der Waals surface area (Å²) in [6, 6.07) is 0. The van der Waals surface area contributed by atoms with Gasteiger partial charge in [0.05, 0.1) is 0 Å². The molecule has 0 aliphatic carbocycles. The molecule has 0 aromatic heterocycles. The maximum Gasteiger partial charge on any atom is 0.322 e. The van der Waals surface area contributed by atoms with Gasteiger partial charge >= 0.3 is 5.97 Å². The molecule has 0 radical (unpaired) electrons. The van der Waals surface area contributed by atoms with E-state index < -0.39 is 25.0 Å². The van der Waals surface area contributed by atoms with Crippen molar-refractivity contribution in [2.45, 2.75) is 19.3 Å². The molecule has 1 aliphatic rings. The first kappa shape index (κ1) is 12.2. The number of amides is 3. The summed E-state index contributed by atoms with van der Waals surface area (Å²) in [4.78, 5) is 44.8. The predicted octanol–water partition coefficient (Wildman–Crippen LogP) is -1.27. The lowest BCUT2D eigenvalue weighted by Crippen LogP contribution is -2.46. The van der Waals surface area contributed by atoms with Crippen molar-refractivity contribution < 1.29 is 24.3 Å². The van der Waals surface area contributed by atoms with Gasteiger partial charge in [0.1, 0.15) is 13.1 Å². The SMILES string of the molecule is O=C(O)CNC(=O)CN1C(=O)CCCC1=O. The molecular formula is C9H12N2O5. The van der Waals surface area contributed by atoms with E-state index in [-0.39, 0.29) is 24.7 Å². The molecule has 1 rings (SSSR count). The molecule has 0 saturated carbocycles. The minimum absolute atomic E-state index is 0.248. The molecule has 1 saturated heterocycles. The van der Waals surface area contributed by atoms with Crippen molar-refractivity contribution in [3.8, 4) is 0 Å². The molecule has 16 heavy (non-hydrogen) atoms. The third kappa shape index (κ3) is 3.34. The minimum Gasteiger partial charge on any atom is -0.480 e. The van der Waals surface area contributed by atoms with E-state index in [1.54, 1.807) is 0 Å². The number of hydrogen-bond donors (Lipinski definition) is 2. The monoisotopic (exact) mass is 228 g/mol.